The van der Waals surface area contributed by atoms with Crippen molar-refractivity contribution in [3.8, 4) is 0 Å². The number of aliphatic hydroxyl groups is 2. The second-order valence-electron chi connectivity index (χ2n) is 11.6. The van der Waals surface area contributed by atoms with Crippen LogP contribution in [0.15, 0.2) is 23.0 Å². The Morgan fingerprint density at radius 2 is 1.81 bits per heavy atom. The number of rotatable bonds is 6. The van der Waals surface area contributed by atoms with Crippen LogP contribution in [0.2, 0.25) is 0 Å². The van der Waals surface area contributed by atoms with Gasteiger partial charge in [0.25, 0.3) is 0 Å². The van der Waals surface area contributed by atoms with Gasteiger partial charge in [-0.05, 0) is 70.6 Å². The molecule has 172 valence electrons. The van der Waals surface area contributed by atoms with Crippen molar-refractivity contribution in [3.63, 3.8) is 0 Å². The lowest BCUT2D eigenvalue weighted by atomic mass is 9.62. The molecule has 5 nitrogen and oxygen atoms in total. The fourth-order valence-corrected chi connectivity index (χ4v) is 6.76. The van der Waals surface area contributed by atoms with Gasteiger partial charge in [-0.15, -0.1) is 0 Å². The molecule has 0 heterocycles. The number of hydrogen-bond donors (Lipinski definition) is 2. The van der Waals surface area contributed by atoms with E-state index in [4.69, 9.17) is 0 Å². The molecular weight excluding hydrogens is 392 g/mol. The molecule has 0 aliphatic heterocycles. The summed E-state index contributed by atoms with van der Waals surface area (Å²) >= 11 is 0. The Bertz CT molecular complexity index is 895. The molecule has 2 N–H and O–H groups in total. The van der Waals surface area contributed by atoms with Gasteiger partial charge < -0.3 is 10.2 Å². The van der Waals surface area contributed by atoms with E-state index in [-0.39, 0.29) is 47.6 Å². The van der Waals surface area contributed by atoms with E-state index in [1.54, 1.807) is 20.8 Å². The van der Waals surface area contributed by atoms with Crippen molar-refractivity contribution in [1.82, 2.24) is 0 Å². The number of fused-ring (bicyclic) bond motifs is 1. The monoisotopic (exact) mass is 430 g/mol. The number of hydrogen-bond acceptors (Lipinski definition) is 5. The molecule has 31 heavy (non-hydrogen) atoms. The van der Waals surface area contributed by atoms with Crippen molar-refractivity contribution in [2.24, 2.45) is 34.0 Å². The number of Topliss-reactive ketones (excluding diaryl/α,β-unsaturated/α-hetero) is 3. The van der Waals surface area contributed by atoms with E-state index in [0.717, 1.165) is 5.57 Å². The zero-order chi connectivity index (χ0) is 23.7. The number of aliphatic hydroxyl groups excluding tert-OH is 1. The Labute approximate surface area is 186 Å². The summed E-state index contributed by atoms with van der Waals surface area (Å²) in [6.45, 7) is 15.0. The number of allylic oxidation sites excluding steroid dienone is 4. The van der Waals surface area contributed by atoms with Crippen molar-refractivity contribution in [3.05, 3.63) is 23.0 Å². The fraction of sp³-hybridized carbons (Fsp3) is 0.731. The van der Waals surface area contributed by atoms with Gasteiger partial charge in [0, 0.05) is 5.92 Å². The van der Waals surface area contributed by atoms with E-state index in [9.17, 15) is 24.6 Å². The second kappa shape index (κ2) is 7.13. The third-order valence-corrected chi connectivity index (χ3v) is 8.65. The van der Waals surface area contributed by atoms with Crippen LogP contribution in [0.3, 0.4) is 0 Å². The van der Waals surface area contributed by atoms with Crippen LogP contribution in [0, 0.1) is 34.0 Å². The first-order valence-electron chi connectivity index (χ1n) is 11.5. The predicted octanol–water partition coefficient (Wildman–Crippen LogP) is 4.73. The van der Waals surface area contributed by atoms with Gasteiger partial charge in [-0.25, -0.2) is 0 Å². The van der Waals surface area contributed by atoms with Crippen molar-refractivity contribution in [1.29, 1.82) is 0 Å². The molecule has 0 saturated heterocycles. The van der Waals surface area contributed by atoms with Gasteiger partial charge >= 0.3 is 0 Å². The maximum atomic E-state index is 14.1. The highest BCUT2D eigenvalue weighted by Gasteiger charge is 2.78. The molecule has 3 rings (SSSR count). The van der Waals surface area contributed by atoms with Crippen molar-refractivity contribution in [2.75, 3.05) is 0 Å². The summed E-state index contributed by atoms with van der Waals surface area (Å²) in [4.78, 5) is 41.3. The molecule has 2 unspecified atom stereocenters. The molecule has 0 amide bonds. The van der Waals surface area contributed by atoms with Gasteiger partial charge in [-0.1, -0.05) is 39.3 Å². The molecule has 3 aliphatic rings. The van der Waals surface area contributed by atoms with Crippen molar-refractivity contribution in [2.45, 2.75) is 86.7 Å². The van der Waals surface area contributed by atoms with Gasteiger partial charge in [0.05, 0.1) is 16.4 Å². The van der Waals surface area contributed by atoms with Gasteiger partial charge in [0.2, 0.25) is 0 Å². The average Bonchev–Trinajstić information content (AvgIpc) is 3.03. The molecule has 0 aromatic heterocycles. The second-order valence-corrected chi connectivity index (χ2v) is 11.6. The average molecular weight is 431 g/mol. The third kappa shape index (κ3) is 3.02. The lowest BCUT2D eigenvalue weighted by molar-refractivity contribution is -0.145. The van der Waals surface area contributed by atoms with Crippen LogP contribution in [0.5, 0.6) is 0 Å². The van der Waals surface area contributed by atoms with Gasteiger partial charge in [-0.3, -0.25) is 14.4 Å². The molecule has 3 aliphatic carbocycles. The standard InChI is InChI=1S/C26H38O5/c1-9-15(4)19(27)18-20(28)25(11-10-14(2)3)12-17-23(5,6)16(24(7,8)31)13-26(17,21(18)29)22(25)30/h10,15-17,28,31H,9,11-13H2,1-8H3/t15?,16-,17-,25?,26+/m1/s1. The fourth-order valence-electron chi connectivity index (χ4n) is 6.76. The highest BCUT2D eigenvalue weighted by atomic mass is 16.3. The highest BCUT2D eigenvalue weighted by molar-refractivity contribution is 6.32. The van der Waals surface area contributed by atoms with E-state index in [1.165, 1.54) is 0 Å². The summed E-state index contributed by atoms with van der Waals surface area (Å²) < 4.78 is 0. The molecule has 1 spiro atoms. The SMILES string of the molecule is CCC(C)C(=O)C1=C(O)C2(CC=C(C)C)C[C@@H]3C(C)(C)[C@H](C(C)(C)O)C[C@]3(C1=O)C2=O. The summed E-state index contributed by atoms with van der Waals surface area (Å²) in [6, 6.07) is 0. The molecule has 0 aromatic rings. The Morgan fingerprint density at radius 3 is 2.29 bits per heavy atom. The minimum absolute atomic E-state index is 0.161. The molecule has 0 aromatic carbocycles. The van der Waals surface area contributed by atoms with Gasteiger partial charge in [0.1, 0.15) is 11.3 Å². The first-order chi connectivity index (χ1) is 14.1. The summed E-state index contributed by atoms with van der Waals surface area (Å²) in [7, 11) is 0. The Hall–Kier alpha value is -1.75. The molecule has 2 fully saturated rings. The Morgan fingerprint density at radius 1 is 1.23 bits per heavy atom. The van der Waals surface area contributed by atoms with Crippen LogP contribution >= 0.6 is 0 Å². The molecule has 2 saturated carbocycles. The van der Waals surface area contributed by atoms with E-state index < -0.39 is 33.5 Å². The number of carbonyl (C=O) groups excluding carboxylic acids is 3. The zero-order valence-corrected chi connectivity index (χ0v) is 20.3. The van der Waals surface area contributed by atoms with Crippen LogP contribution < -0.4 is 0 Å². The van der Waals surface area contributed by atoms with E-state index in [1.807, 2.05) is 40.7 Å². The largest absolute Gasteiger partial charge is 0.510 e. The van der Waals surface area contributed by atoms with Crippen LogP contribution in [-0.2, 0) is 14.4 Å². The molecule has 5 heteroatoms. The normalized spacial score (nSPS) is 35.3. The first kappa shape index (κ1) is 23.9. The van der Waals surface area contributed by atoms with Crippen LogP contribution in [-0.4, -0.2) is 33.2 Å². The smallest absolute Gasteiger partial charge is 0.183 e. The van der Waals surface area contributed by atoms with Crippen molar-refractivity contribution >= 4 is 17.3 Å². The molecule has 0 radical (unpaired) electrons. The predicted molar refractivity (Wildman–Crippen MR) is 119 cm³/mol. The summed E-state index contributed by atoms with van der Waals surface area (Å²) in [5, 5.41) is 22.3. The maximum Gasteiger partial charge on any atom is 0.183 e. The zero-order valence-electron chi connectivity index (χ0n) is 20.3. The van der Waals surface area contributed by atoms with E-state index in [0.29, 0.717) is 12.8 Å². The molecular formula is C26H38O5. The summed E-state index contributed by atoms with van der Waals surface area (Å²) in [5.74, 6) is -2.50. The molecule has 2 bridgehead atoms. The van der Waals surface area contributed by atoms with Crippen molar-refractivity contribution < 1.29 is 24.6 Å². The lowest BCUT2D eigenvalue weighted by Crippen LogP contribution is -2.50. The summed E-state index contributed by atoms with van der Waals surface area (Å²) in [5.41, 5.74) is -3.32. The third-order valence-electron chi connectivity index (χ3n) is 8.65. The van der Waals surface area contributed by atoms with E-state index in [2.05, 4.69) is 0 Å². The van der Waals surface area contributed by atoms with Gasteiger partial charge in [0.15, 0.2) is 17.3 Å². The highest BCUT2D eigenvalue weighted by Crippen LogP contribution is 2.73. The minimum Gasteiger partial charge on any atom is -0.510 e. The van der Waals surface area contributed by atoms with E-state index >= 15 is 0 Å². The quantitative estimate of drug-likeness (QED) is 0.361. The topological polar surface area (TPSA) is 91.7 Å². The maximum absolute atomic E-state index is 14.1. The van der Waals surface area contributed by atoms with Crippen LogP contribution in [0.4, 0.5) is 0 Å². The Kier molecular flexibility index (Phi) is 5.50. The van der Waals surface area contributed by atoms with Crippen LogP contribution in [0.1, 0.15) is 81.1 Å². The molecule has 5 atom stereocenters. The number of carbonyl (C=O) groups is 3. The van der Waals surface area contributed by atoms with Gasteiger partial charge in [-0.2, -0.15) is 0 Å². The van der Waals surface area contributed by atoms with Crippen LogP contribution in [0.25, 0.3) is 0 Å². The lowest BCUT2D eigenvalue weighted by Gasteiger charge is -2.41. The first-order valence-corrected chi connectivity index (χ1v) is 11.5. The number of ketones is 3. The minimum atomic E-state index is -1.35. The summed E-state index contributed by atoms with van der Waals surface area (Å²) in [6.07, 6.45) is 3.29. The Balaban J connectivity index is 2.29.